The zero-order chi connectivity index (χ0) is 14.7. The second kappa shape index (κ2) is 6.23. The van der Waals surface area contributed by atoms with Gasteiger partial charge in [-0.3, -0.25) is 9.59 Å². The fourth-order valence-corrected chi connectivity index (χ4v) is 4.62. The van der Waals surface area contributed by atoms with Crippen LogP contribution in [0.25, 0.3) is 4.91 Å². The zero-order valence-electron chi connectivity index (χ0n) is 10.5. The lowest BCUT2D eigenvalue weighted by Crippen LogP contribution is -2.31. The molecule has 0 saturated carbocycles. The Balaban J connectivity index is 2.20. The lowest BCUT2D eigenvalue weighted by Gasteiger charge is -2.10. The minimum Gasteiger partial charge on any atom is -0.497 e. The number of rotatable bonds is 5. The molecule has 0 saturated heterocycles. The molecule has 1 aliphatic heterocycles. The molecule has 0 spiro atoms. The standard InChI is InChI=1S/C13H12O5S2/c1-18-8-4-2-7(3-5-8)9-6-10(20-19-9)11(12(14)15)13(16)17/h2-6,10-11H,1H3,(H,14,15)(H,16,17). The maximum Gasteiger partial charge on any atom is 0.319 e. The van der Waals surface area contributed by atoms with Crippen LogP contribution in [0.1, 0.15) is 5.56 Å². The van der Waals surface area contributed by atoms with E-state index in [2.05, 4.69) is 0 Å². The van der Waals surface area contributed by atoms with E-state index in [0.29, 0.717) is 0 Å². The van der Waals surface area contributed by atoms with Gasteiger partial charge in [0.05, 0.1) is 12.4 Å². The first-order valence-corrected chi connectivity index (χ1v) is 7.89. The molecule has 1 atom stereocenters. The Hall–Kier alpha value is -1.60. The highest BCUT2D eigenvalue weighted by Crippen LogP contribution is 2.49. The Morgan fingerprint density at radius 3 is 2.30 bits per heavy atom. The van der Waals surface area contributed by atoms with E-state index in [1.54, 1.807) is 25.3 Å². The number of carboxylic acids is 2. The third-order valence-corrected chi connectivity index (χ3v) is 5.57. The van der Waals surface area contributed by atoms with Crippen LogP contribution in [0.15, 0.2) is 30.3 Å². The van der Waals surface area contributed by atoms with Gasteiger partial charge < -0.3 is 14.9 Å². The normalized spacial score (nSPS) is 17.9. The van der Waals surface area contributed by atoms with Gasteiger partial charge in [0.1, 0.15) is 5.75 Å². The highest BCUT2D eigenvalue weighted by molar-refractivity contribution is 8.80. The van der Waals surface area contributed by atoms with Crippen LogP contribution >= 0.6 is 21.6 Å². The molecule has 2 rings (SSSR count). The smallest absolute Gasteiger partial charge is 0.319 e. The van der Waals surface area contributed by atoms with Crippen LogP contribution in [0, 0.1) is 5.92 Å². The highest BCUT2D eigenvalue weighted by atomic mass is 33.1. The molecule has 7 heteroatoms. The van der Waals surface area contributed by atoms with Gasteiger partial charge in [-0.05, 0) is 17.7 Å². The van der Waals surface area contributed by atoms with Crippen molar-refractivity contribution >= 4 is 38.4 Å². The Bertz CT molecular complexity index is 538. The number of ether oxygens (including phenoxy) is 1. The molecular formula is C13H12O5S2. The molecule has 0 bridgehead atoms. The Morgan fingerprint density at radius 1 is 1.20 bits per heavy atom. The van der Waals surface area contributed by atoms with Crippen LogP contribution < -0.4 is 4.74 Å². The predicted molar refractivity (Wildman–Crippen MR) is 78.7 cm³/mol. The number of hydrogen-bond acceptors (Lipinski definition) is 5. The minimum absolute atomic E-state index is 0.577. The Morgan fingerprint density at radius 2 is 1.80 bits per heavy atom. The molecule has 0 fully saturated rings. The van der Waals surface area contributed by atoms with Crippen LogP contribution in [-0.2, 0) is 9.59 Å². The third kappa shape index (κ3) is 3.10. The first kappa shape index (κ1) is 14.8. The van der Waals surface area contributed by atoms with Crippen LogP contribution in [0.5, 0.6) is 5.75 Å². The summed E-state index contributed by atoms with van der Waals surface area (Å²) >= 11 is 0. The van der Waals surface area contributed by atoms with Gasteiger partial charge in [0, 0.05) is 4.91 Å². The summed E-state index contributed by atoms with van der Waals surface area (Å²) in [6.45, 7) is 0. The lowest BCUT2D eigenvalue weighted by atomic mass is 10.0. The van der Waals surface area contributed by atoms with Gasteiger partial charge in [-0.2, -0.15) is 0 Å². The van der Waals surface area contributed by atoms with E-state index >= 15 is 0 Å². The molecule has 5 nitrogen and oxygen atoms in total. The number of hydrogen-bond donors (Lipinski definition) is 2. The number of carbonyl (C=O) groups is 2. The van der Waals surface area contributed by atoms with E-state index in [-0.39, 0.29) is 0 Å². The topological polar surface area (TPSA) is 83.8 Å². The molecule has 1 aromatic carbocycles. The van der Waals surface area contributed by atoms with Gasteiger partial charge in [-0.15, -0.1) is 0 Å². The van der Waals surface area contributed by atoms with Crippen molar-refractivity contribution in [3.8, 4) is 5.75 Å². The summed E-state index contributed by atoms with van der Waals surface area (Å²) in [5.74, 6) is -3.33. The van der Waals surface area contributed by atoms with Gasteiger partial charge in [-0.1, -0.05) is 39.8 Å². The van der Waals surface area contributed by atoms with Crippen molar-refractivity contribution < 1.29 is 24.5 Å². The first-order chi connectivity index (χ1) is 9.52. The number of carboxylic acid groups (broad SMARTS) is 2. The van der Waals surface area contributed by atoms with Crippen LogP contribution in [0.3, 0.4) is 0 Å². The summed E-state index contributed by atoms with van der Waals surface area (Å²) in [6, 6.07) is 7.33. The van der Waals surface area contributed by atoms with E-state index < -0.39 is 23.1 Å². The Labute approximate surface area is 123 Å². The number of methoxy groups -OCH3 is 1. The minimum atomic E-state index is -1.43. The molecule has 1 aliphatic rings. The van der Waals surface area contributed by atoms with E-state index in [4.69, 9.17) is 14.9 Å². The maximum atomic E-state index is 11.0. The summed E-state index contributed by atoms with van der Waals surface area (Å²) in [6.07, 6.45) is 1.70. The summed E-state index contributed by atoms with van der Waals surface area (Å²) in [5, 5.41) is 17.4. The highest BCUT2D eigenvalue weighted by Gasteiger charge is 2.37. The van der Waals surface area contributed by atoms with Crippen molar-refractivity contribution in [2.75, 3.05) is 7.11 Å². The van der Waals surface area contributed by atoms with Gasteiger partial charge in [0.2, 0.25) is 0 Å². The van der Waals surface area contributed by atoms with Crippen molar-refractivity contribution in [1.82, 2.24) is 0 Å². The van der Waals surface area contributed by atoms with Gasteiger partial charge in [-0.25, -0.2) is 0 Å². The summed E-state index contributed by atoms with van der Waals surface area (Å²) < 4.78 is 5.07. The fraction of sp³-hybridized carbons (Fsp3) is 0.231. The van der Waals surface area contributed by atoms with Crippen molar-refractivity contribution in [3.63, 3.8) is 0 Å². The lowest BCUT2D eigenvalue weighted by molar-refractivity contribution is -0.153. The average molecular weight is 312 g/mol. The van der Waals surface area contributed by atoms with E-state index in [1.165, 1.54) is 21.6 Å². The monoisotopic (exact) mass is 312 g/mol. The SMILES string of the molecule is COc1ccc(C2=CC(C(C(=O)O)C(=O)O)SS2)cc1. The average Bonchev–Trinajstić information content (AvgIpc) is 2.87. The molecule has 106 valence electrons. The van der Waals surface area contributed by atoms with Crippen molar-refractivity contribution in [2.24, 2.45) is 5.92 Å². The Kier molecular flexibility index (Phi) is 4.61. The molecule has 0 aromatic heterocycles. The summed E-state index contributed by atoms with van der Waals surface area (Å²) in [4.78, 5) is 22.9. The summed E-state index contributed by atoms with van der Waals surface area (Å²) in [5.41, 5.74) is 0.917. The molecule has 20 heavy (non-hydrogen) atoms. The van der Waals surface area contributed by atoms with Crippen LogP contribution in [-0.4, -0.2) is 34.5 Å². The molecule has 0 amide bonds. The molecule has 2 N–H and O–H groups in total. The largest absolute Gasteiger partial charge is 0.497 e. The zero-order valence-corrected chi connectivity index (χ0v) is 12.1. The van der Waals surface area contributed by atoms with E-state index in [9.17, 15) is 9.59 Å². The molecule has 1 aromatic rings. The first-order valence-electron chi connectivity index (χ1n) is 5.68. The van der Waals surface area contributed by atoms with Crippen LogP contribution in [0.4, 0.5) is 0 Å². The fourth-order valence-electron chi connectivity index (χ4n) is 1.75. The van der Waals surface area contributed by atoms with Gasteiger partial charge in [0.25, 0.3) is 0 Å². The maximum absolute atomic E-state index is 11.0. The second-order valence-corrected chi connectivity index (χ2v) is 6.48. The third-order valence-electron chi connectivity index (χ3n) is 2.80. The van der Waals surface area contributed by atoms with Crippen LogP contribution in [0.2, 0.25) is 0 Å². The van der Waals surface area contributed by atoms with E-state index in [1.807, 2.05) is 12.1 Å². The number of aliphatic carboxylic acids is 2. The van der Waals surface area contributed by atoms with Crippen molar-refractivity contribution in [3.05, 3.63) is 35.9 Å². The molecule has 1 unspecified atom stereocenters. The van der Waals surface area contributed by atoms with Crippen molar-refractivity contribution in [2.45, 2.75) is 5.25 Å². The van der Waals surface area contributed by atoms with Gasteiger partial charge >= 0.3 is 11.9 Å². The summed E-state index contributed by atoms with van der Waals surface area (Å²) in [7, 11) is 4.22. The molecule has 0 radical (unpaired) electrons. The second-order valence-electron chi connectivity index (χ2n) is 4.06. The molecular weight excluding hydrogens is 300 g/mol. The number of benzene rings is 1. The predicted octanol–water partition coefficient (Wildman–Crippen LogP) is 2.59. The van der Waals surface area contributed by atoms with E-state index in [0.717, 1.165) is 16.2 Å². The molecule has 0 aliphatic carbocycles. The molecule has 1 heterocycles. The quantitative estimate of drug-likeness (QED) is 0.638. The van der Waals surface area contributed by atoms with Crippen molar-refractivity contribution in [1.29, 1.82) is 0 Å². The van der Waals surface area contributed by atoms with Gasteiger partial charge in [0.15, 0.2) is 5.92 Å².